The van der Waals surface area contributed by atoms with Gasteiger partial charge in [-0.05, 0) is 49.7 Å². The van der Waals surface area contributed by atoms with Crippen molar-refractivity contribution in [1.82, 2.24) is 15.2 Å². The van der Waals surface area contributed by atoms with E-state index in [4.69, 9.17) is 20.8 Å². The van der Waals surface area contributed by atoms with Crippen LogP contribution in [0.2, 0.25) is 5.02 Å². The fourth-order valence-corrected chi connectivity index (χ4v) is 3.65. The van der Waals surface area contributed by atoms with Crippen molar-refractivity contribution in [3.05, 3.63) is 76.8 Å². The maximum absolute atomic E-state index is 5.99. The number of hydrogen-bond donors (Lipinski definition) is 0. The summed E-state index contributed by atoms with van der Waals surface area (Å²) in [4.78, 5) is 4.66. The van der Waals surface area contributed by atoms with Crippen LogP contribution in [0.15, 0.2) is 64.2 Å². The van der Waals surface area contributed by atoms with Crippen LogP contribution in [-0.2, 0) is 5.75 Å². The summed E-state index contributed by atoms with van der Waals surface area (Å²) in [5, 5.41) is 10.5. The van der Waals surface area contributed by atoms with E-state index in [1.54, 1.807) is 6.07 Å². The fourth-order valence-electron chi connectivity index (χ4n) is 2.75. The molecule has 7 heteroatoms. The second-order valence-corrected chi connectivity index (χ2v) is 7.72. The van der Waals surface area contributed by atoms with Crippen molar-refractivity contribution in [1.29, 1.82) is 0 Å². The highest BCUT2D eigenvalue weighted by Crippen LogP contribution is 2.28. The Kier molecular flexibility index (Phi) is 5.50. The van der Waals surface area contributed by atoms with E-state index in [2.05, 4.69) is 21.2 Å². The third kappa shape index (κ3) is 4.29. The molecule has 0 radical (unpaired) electrons. The fraction of sp³-hybridized carbons (Fsp3) is 0.190. The molecule has 0 saturated heterocycles. The molecule has 2 heterocycles. The number of nitrogens with zero attached hydrogens (tertiary/aromatic N) is 3. The molecule has 4 aromatic rings. The number of aryl methyl sites for hydroxylation is 1. The SMILES string of the molecule is Cc1cc(Cl)ccc1OC(C)c1nnc(SCc2ccc3ccccc3n2)o1. The van der Waals surface area contributed by atoms with E-state index < -0.39 is 0 Å². The first kappa shape index (κ1) is 18.8. The molecule has 28 heavy (non-hydrogen) atoms. The lowest BCUT2D eigenvalue weighted by atomic mass is 10.2. The van der Waals surface area contributed by atoms with Gasteiger partial charge in [0, 0.05) is 16.2 Å². The Morgan fingerprint density at radius 2 is 1.96 bits per heavy atom. The number of rotatable bonds is 6. The molecule has 4 rings (SSSR count). The monoisotopic (exact) mass is 411 g/mol. The van der Waals surface area contributed by atoms with Gasteiger partial charge in [0.25, 0.3) is 11.1 Å². The number of benzene rings is 2. The first-order valence-corrected chi connectivity index (χ1v) is 10.2. The van der Waals surface area contributed by atoms with Crippen molar-refractivity contribution in [3.63, 3.8) is 0 Å². The minimum Gasteiger partial charge on any atom is -0.481 e. The molecule has 0 saturated carbocycles. The summed E-state index contributed by atoms with van der Waals surface area (Å²) in [6.07, 6.45) is -0.361. The molecule has 2 aromatic carbocycles. The number of ether oxygens (including phenoxy) is 1. The summed E-state index contributed by atoms with van der Waals surface area (Å²) < 4.78 is 11.7. The zero-order chi connectivity index (χ0) is 19.5. The lowest BCUT2D eigenvalue weighted by Gasteiger charge is -2.13. The van der Waals surface area contributed by atoms with Crippen molar-refractivity contribution >= 4 is 34.3 Å². The van der Waals surface area contributed by atoms with Gasteiger partial charge in [0.05, 0.1) is 11.2 Å². The minimum absolute atomic E-state index is 0.361. The van der Waals surface area contributed by atoms with Crippen LogP contribution in [0.1, 0.15) is 30.2 Å². The predicted octanol–water partition coefficient (Wildman–Crippen LogP) is 6.01. The standard InChI is InChI=1S/C21H18ClN3O2S/c1-13-11-16(22)8-10-19(13)26-14(2)20-24-25-21(27-20)28-12-17-9-7-15-5-3-4-6-18(15)23-17/h3-11,14H,12H2,1-2H3. The van der Waals surface area contributed by atoms with E-state index in [0.717, 1.165) is 27.9 Å². The lowest BCUT2D eigenvalue weighted by molar-refractivity contribution is 0.180. The number of halogens is 1. The lowest BCUT2D eigenvalue weighted by Crippen LogP contribution is -2.04. The Labute approximate surface area is 172 Å². The van der Waals surface area contributed by atoms with E-state index in [1.165, 1.54) is 11.8 Å². The van der Waals surface area contributed by atoms with Gasteiger partial charge in [-0.2, -0.15) is 0 Å². The van der Waals surface area contributed by atoms with E-state index in [1.807, 2.05) is 56.3 Å². The van der Waals surface area contributed by atoms with Gasteiger partial charge in [-0.3, -0.25) is 4.98 Å². The quantitative estimate of drug-likeness (QED) is 0.362. The topological polar surface area (TPSA) is 61.0 Å². The maximum Gasteiger partial charge on any atom is 0.277 e. The molecule has 1 unspecified atom stereocenters. The van der Waals surface area contributed by atoms with Crippen LogP contribution in [0.3, 0.4) is 0 Å². The predicted molar refractivity (Wildman–Crippen MR) is 111 cm³/mol. The van der Waals surface area contributed by atoms with Crippen molar-refractivity contribution < 1.29 is 9.15 Å². The molecule has 0 fully saturated rings. The van der Waals surface area contributed by atoms with Crippen molar-refractivity contribution in [2.75, 3.05) is 0 Å². The molecule has 0 N–H and O–H groups in total. The van der Waals surface area contributed by atoms with Gasteiger partial charge in [0.15, 0.2) is 6.10 Å². The van der Waals surface area contributed by atoms with Gasteiger partial charge in [-0.25, -0.2) is 0 Å². The summed E-state index contributed by atoms with van der Waals surface area (Å²) in [6, 6.07) is 17.6. The summed E-state index contributed by atoms with van der Waals surface area (Å²) in [5.74, 6) is 1.82. The number of pyridine rings is 1. The molecule has 142 valence electrons. The third-order valence-corrected chi connectivity index (χ3v) is 5.30. The maximum atomic E-state index is 5.99. The van der Waals surface area contributed by atoms with E-state index in [-0.39, 0.29) is 6.10 Å². The third-order valence-electron chi connectivity index (χ3n) is 4.21. The highest BCUT2D eigenvalue weighted by Gasteiger charge is 2.17. The van der Waals surface area contributed by atoms with Crippen LogP contribution in [0.25, 0.3) is 10.9 Å². The van der Waals surface area contributed by atoms with Crippen molar-refractivity contribution in [2.45, 2.75) is 30.9 Å². The van der Waals surface area contributed by atoms with Gasteiger partial charge < -0.3 is 9.15 Å². The largest absolute Gasteiger partial charge is 0.481 e. The summed E-state index contributed by atoms with van der Waals surface area (Å²) in [7, 11) is 0. The first-order chi connectivity index (χ1) is 13.6. The van der Waals surface area contributed by atoms with E-state index in [0.29, 0.717) is 21.9 Å². The summed E-state index contributed by atoms with van der Waals surface area (Å²) in [5.41, 5.74) is 2.90. The average Bonchev–Trinajstić information content (AvgIpc) is 3.17. The van der Waals surface area contributed by atoms with E-state index in [9.17, 15) is 0 Å². The van der Waals surface area contributed by atoms with Gasteiger partial charge in [0.2, 0.25) is 0 Å². The molecule has 2 aromatic heterocycles. The Balaban J connectivity index is 1.40. The first-order valence-electron chi connectivity index (χ1n) is 8.82. The zero-order valence-corrected chi connectivity index (χ0v) is 17.0. The van der Waals surface area contributed by atoms with E-state index >= 15 is 0 Å². The highest BCUT2D eigenvalue weighted by molar-refractivity contribution is 7.98. The summed E-state index contributed by atoms with van der Waals surface area (Å²) in [6.45, 7) is 3.82. The molecule has 1 atom stereocenters. The molecule has 0 aliphatic rings. The zero-order valence-electron chi connectivity index (χ0n) is 15.4. The smallest absolute Gasteiger partial charge is 0.277 e. The number of aromatic nitrogens is 3. The molecule has 0 amide bonds. The number of para-hydroxylation sites is 1. The molecule has 5 nitrogen and oxygen atoms in total. The van der Waals surface area contributed by atoms with Crippen LogP contribution in [0, 0.1) is 6.92 Å². The minimum atomic E-state index is -0.361. The second-order valence-electron chi connectivity index (χ2n) is 6.36. The number of hydrogen-bond acceptors (Lipinski definition) is 6. The Morgan fingerprint density at radius 3 is 2.82 bits per heavy atom. The molecule has 0 spiro atoms. The van der Waals surface area contributed by atoms with Crippen LogP contribution in [0.4, 0.5) is 0 Å². The molecule has 0 bridgehead atoms. The van der Waals surface area contributed by atoms with Gasteiger partial charge >= 0.3 is 0 Å². The normalized spacial score (nSPS) is 12.2. The summed E-state index contributed by atoms with van der Waals surface area (Å²) >= 11 is 7.44. The van der Waals surface area contributed by atoms with Crippen LogP contribution >= 0.6 is 23.4 Å². The van der Waals surface area contributed by atoms with Gasteiger partial charge in [0.1, 0.15) is 5.75 Å². The van der Waals surface area contributed by atoms with Crippen molar-refractivity contribution in [2.24, 2.45) is 0 Å². The Hall–Kier alpha value is -2.57. The molecule has 0 aliphatic carbocycles. The molecule has 0 aliphatic heterocycles. The molecular weight excluding hydrogens is 394 g/mol. The Morgan fingerprint density at radius 1 is 1.11 bits per heavy atom. The van der Waals surface area contributed by atoms with Crippen LogP contribution < -0.4 is 4.74 Å². The van der Waals surface area contributed by atoms with Gasteiger partial charge in [-0.1, -0.05) is 47.6 Å². The number of fused-ring (bicyclic) bond motifs is 1. The Bertz CT molecular complexity index is 1120. The van der Waals surface area contributed by atoms with Gasteiger partial charge in [-0.15, -0.1) is 10.2 Å². The molecular formula is C21H18ClN3O2S. The average molecular weight is 412 g/mol. The van der Waals surface area contributed by atoms with Crippen LogP contribution in [-0.4, -0.2) is 15.2 Å². The second kappa shape index (κ2) is 8.20. The van der Waals surface area contributed by atoms with Crippen LogP contribution in [0.5, 0.6) is 5.75 Å². The van der Waals surface area contributed by atoms with Crippen molar-refractivity contribution in [3.8, 4) is 5.75 Å². The number of thioether (sulfide) groups is 1. The highest BCUT2D eigenvalue weighted by atomic mass is 35.5.